The third kappa shape index (κ3) is 4.18. The summed E-state index contributed by atoms with van der Waals surface area (Å²) in [6.45, 7) is 7.32. The first kappa shape index (κ1) is 17.9. The van der Waals surface area contributed by atoms with E-state index in [0.29, 0.717) is 24.1 Å². The lowest BCUT2D eigenvalue weighted by Gasteiger charge is -2.21. The molecule has 1 aromatic carbocycles. The summed E-state index contributed by atoms with van der Waals surface area (Å²) in [6, 6.07) is 2.99. The fraction of sp³-hybridized carbons (Fsp3) is 0.600. The van der Waals surface area contributed by atoms with Crippen molar-refractivity contribution in [2.75, 3.05) is 12.3 Å². The van der Waals surface area contributed by atoms with Gasteiger partial charge in [-0.3, -0.25) is 0 Å². The number of aryl methyl sites for hydroxylation is 1. The van der Waals surface area contributed by atoms with Gasteiger partial charge in [-0.2, -0.15) is 0 Å². The third-order valence-corrected chi connectivity index (χ3v) is 5.22. The Morgan fingerprint density at radius 3 is 2.29 bits per heavy atom. The molecule has 0 heterocycles. The lowest BCUT2D eigenvalue weighted by Crippen LogP contribution is -2.41. The van der Waals surface area contributed by atoms with E-state index in [1.165, 1.54) is 0 Å². The normalized spacial score (nSPS) is 13.6. The first-order chi connectivity index (χ1) is 9.76. The molecule has 5 nitrogen and oxygen atoms in total. The maximum absolute atomic E-state index is 12.6. The van der Waals surface area contributed by atoms with Crippen molar-refractivity contribution in [1.29, 1.82) is 0 Å². The summed E-state index contributed by atoms with van der Waals surface area (Å²) in [6.07, 6.45) is 1.25. The second kappa shape index (κ2) is 7.24. The lowest BCUT2D eigenvalue weighted by molar-refractivity contribution is 0.227. The van der Waals surface area contributed by atoms with Gasteiger partial charge in [-0.25, -0.2) is 13.1 Å². The monoisotopic (exact) mass is 314 g/mol. The van der Waals surface area contributed by atoms with Crippen molar-refractivity contribution in [2.45, 2.75) is 51.5 Å². The van der Waals surface area contributed by atoms with E-state index in [1.54, 1.807) is 6.07 Å². The second-order valence-electron chi connectivity index (χ2n) is 5.52. The highest BCUT2D eigenvalue weighted by Gasteiger charge is 2.25. The fourth-order valence-electron chi connectivity index (χ4n) is 2.20. The summed E-state index contributed by atoms with van der Waals surface area (Å²) in [4.78, 5) is 0.223. The molecule has 0 aliphatic carbocycles. The average molecular weight is 314 g/mol. The molecule has 0 unspecified atom stereocenters. The fourth-order valence-corrected chi connectivity index (χ4v) is 3.96. The van der Waals surface area contributed by atoms with E-state index in [2.05, 4.69) is 4.72 Å². The molecule has 120 valence electrons. The average Bonchev–Trinajstić information content (AvgIpc) is 2.43. The number of aliphatic hydroxyl groups excluding tert-OH is 1. The molecular formula is C15H26N2O3S. The molecule has 21 heavy (non-hydrogen) atoms. The molecular weight excluding hydrogens is 288 g/mol. The number of sulfonamides is 1. The summed E-state index contributed by atoms with van der Waals surface area (Å²) in [5.41, 5.74) is 8.00. The number of benzene rings is 1. The van der Waals surface area contributed by atoms with Crippen LogP contribution in [0.25, 0.3) is 0 Å². The second-order valence-corrected chi connectivity index (χ2v) is 7.21. The van der Waals surface area contributed by atoms with Crippen LogP contribution >= 0.6 is 0 Å². The minimum absolute atomic E-state index is 0.00144. The first-order valence-corrected chi connectivity index (χ1v) is 8.79. The minimum Gasteiger partial charge on any atom is -0.398 e. The quantitative estimate of drug-likeness (QED) is 0.668. The molecule has 0 aromatic heterocycles. The minimum atomic E-state index is -3.70. The van der Waals surface area contributed by atoms with Crippen LogP contribution in [0.5, 0.6) is 0 Å². The predicted octanol–water partition coefficient (Wildman–Crippen LogP) is 1.69. The summed E-state index contributed by atoms with van der Waals surface area (Å²) >= 11 is 0. The van der Waals surface area contributed by atoms with Crippen molar-refractivity contribution in [1.82, 2.24) is 4.72 Å². The summed E-state index contributed by atoms with van der Waals surface area (Å²) < 4.78 is 27.8. The highest BCUT2D eigenvalue weighted by molar-refractivity contribution is 7.89. The number of nitrogens with two attached hydrogens (primary N) is 1. The Labute approximate surface area is 127 Å². The van der Waals surface area contributed by atoms with Gasteiger partial charge in [-0.05, 0) is 42.0 Å². The molecule has 0 fully saturated rings. The Bertz CT molecular complexity index is 583. The maximum Gasteiger partial charge on any atom is 0.241 e. The SMILES string of the molecule is CCc1cc(N)c(CC)c(S(=O)(=O)N[C@H](CO)C(C)C)c1. The van der Waals surface area contributed by atoms with Crippen molar-refractivity contribution in [2.24, 2.45) is 5.92 Å². The Morgan fingerprint density at radius 2 is 1.86 bits per heavy atom. The van der Waals surface area contributed by atoms with Gasteiger partial charge in [-0.1, -0.05) is 27.7 Å². The molecule has 1 atom stereocenters. The van der Waals surface area contributed by atoms with Crippen molar-refractivity contribution >= 4 is 15.7 Å². The zero-order chi connectivity index (χ0) is 16.2. The van der Waals surface area contributed by atoms with E-state index in [9.17, 15) is 13.5 Å². The van der Waals surface area contributed by atoms with Gasteiger partial charge in [0.1, 0.15) is 0 Å². The Morgan fingerprint density at radius 1 is 1.24 bits per heavy atom. The van der Waals surface area contributed by atoms with Gasteiger partial charge in [0.25, 0.3) is 0 Å². The van der Waals surface area contributed by atoms with Crippen LogP contribution in [-0.2, 0) is 22.9 Å². The topological polar surface area (TPSA) is 92.4 Å². The van der Waals surface area contributed by atoms with Gasteiger partial charge in [0.05, 0.1) is 11.5 Å². The molecule has 1 rings (SSSR count). The summed E-state index contributed by atoms with van der Waals surface area (Å²) in [5, 5.41) is 9.34. The molecule has 0 radical (unpaired) electrons. The summed E-state index contributed by atoms with van der Waals surface area (Å²) in [5.74, 6) is 0.00144. The van der Waals surface area contributed by atoms with E-state index in [-0.39, 0.29) is 17.4 Å². The van der Waals surface area contributed by atoms with Crippen LogP contribution in [0.4, 0.5) is 5.69 Å². The number of hydrogen-bond acceptors (Lipinski definition) is 4. The van der Waals surface area contributed by atoms with E-state index < -0.39 is 16.1 Å². The van der Waals surface area contributed by atoms with Crippen LogP contribution in [0.3, 0.4) is 0 Å². The van der Waals surface area contributed by atoms with Gasteiger partial charge in [-0.15, -0.1) is 0 Å². The van der Waals surface area contributed by atoms with Gasteiger partial charge in [0, 0.05) is 11.7 Å². The Balaban J connectivity index is 3.33. The van der Waals surface area contributed by atoms with Crippen LogP contribution in [0, 0.1) is 5.92 Å². The van der Waals surface area contributed by atoms with Crippen LogP contribution in [0.2, 0.25) is 0 Å². The number of hydrogen-bond donors (Lipinski definition) is 3. The van der Waals surface area contributed by atoms with Crippen molar-refractivity contribution in [3.63, 3.8) is 0 Å². The van der Waals surface area contributed by atoms with E-state index >= 15 is 0 Å². The maximum atomic E-state index is 12.6. The van der Waals surface area contributed by atoms with Crippen LogP contribution in [0.1, 0.15) is 38.8 Å². The van der Waals surface area contributed by atoms with Gasteiger partial charge in [0.2, 0.25) is 10.0 Å². The molecule has 6 heteroatoms. The number of rotatable bonds is 7. The van der Waals surface area contributed by atoms with Crippen molar-refractivity contribution < 1.29 is 13.5 Å². The highest BCUT2D eigenvalue weighted by Crippen LogP contribution is 2.25. The molecule has 0 saturated carbocycles. The molecule has 0 spiro atoms. The van der Waals surface area contributed by atoms with Gasteiger partial charge in [0.15, 0.2) is 0 Å². The van der Waals surface area contributed by atoms with Crippen molar-refractivity contribution in [3.8, 4) is 0 Å². The number of anilines is 1. The van der Waals surface area contributed by atoms with E-state index in [0.717, 1.165) is 5.56 Å². The molecule has 0 aliphatic heterocycles. The highest BCUT2D eigenvalue weighted by atomic mass is 32.2. The van der Waals surface area contributed by atoms with Gasteiger partial charge < -0.3 is 10.8 Å². The van der Waals surface area contributed by atoms with Crippen molar-refractivity contribution in [3.05, 3.63) is 23.3 Å². The lowest BCUT2D eigenvalue weighted by atomic mass is 10.1. The van der Waals surface area contributed by atoms with Crippen LogP contribution < -0.4 is 10.5 Å². The molecule has 0 aliphatic rings. The smallest absolute Gasteiger partial charge is 0.241 e. The Kier molecular flexibility index (Phi) is 6.19. The first-order valence-electron chi connectivity index (χ1n) is 7.31. The van der Waals surface area contributed by atoms with E-state index in [4.69, 9.17) is 5.73 Å². The largest absolute Gasteiger partial charge is 0.398 e. The zero-order valence-corrected chi connectivity index (χ0v) is 14.0. The Hall–Kier alpha value is -1.11. The number of aliphatic hydroxyl groups is 1. The van der Waals surface area contributed by atoms with Crippen LogP contribution in [-0.4, -0.2) is 26.2 Å². The molecule has 0 saturated heterocycles. The molecule has 1 aromatic rings. The molecule has 0 bridgehead atoms. The third-order valence-electron chi connectivity index (χ3n) is 3.66. The van der Waals surface area contributed by atoms with Gasteiger partial charge >= 0.3 is 0 Å². The summed E-state index contributed by atoms with van der Waals surface area (Å²) in [7, 11) is -3.70. The number of nitrogens with one attached hydrogen (secondary N) is 1. The molecule has 0 amide bonds. The predicted molar refractivity (Wildman–Crippen MR) is 85.6 cm³/mol. The van der Waals surface area contributed by atoms with Crippen LogP contribution in [0.15, 0.2) is 17.0 Å². The zero-order valence-electron chi connectivity index (χ0n) is 13.2. The van der Waals surface area contributed by atoms with E-state index in [1.807, 2.05) is 33.8 Å². The standard InChI is InChI=1S/C15H26N2O3S/c1-5-11-7-13(16)12(6-2)15(8-11)21(19,20)17-14(9-18)10(3)4/h7-8,10,14,17-18H,5-6,9,16H2,1-4H3/t14-/m1/s1. The molecule has 4 N–H and O–H groups in total. The number of nitrogen functional groups attached to an aromatic ring is 1.